The van der Waals surface area contributed by atoms with Crippen molar-refractivity contribution >= 4 is 5.78 Å². The summed E-state index contributed by atoms with van der Waals surface area (Å²) in [5.74, 6) is 0.426. The number of nitrogens with zero attached hydrogens (tertiary/aromatic N) is 1. The average Bonchev–Trinajstić information content (AvgIpc) is 2.03. The van der Waals surface area contributed by atoms with Crippen molar-refractivity contribution < 1.29 is 4.79 Å². The molecule has 12 heavy (non-hydrogen) atoms. The van der Waals surface area contributed by atoms with Crippen LogP contribution in [0.25, 0.3) is 0 Å². The van der Waals surface area contributed by atoms with Crippen molar-refractivity contribution in [2.24, 2.45) is 5.92 Å². The number of Topliss-reactive ketones (excluding diaryl/α,β-unsaturated/α-hetero) is 1. The highest BCUT2D eigenvalue weighted by Gasteiger charge is 2.24. The molecule has 1 aliphatic rings. The predicted molar refractivity (Wildman–Crippen MR) is 49.1 cm³/mol. The van der Waals surface area contributed by atoms with Crippen molar-refractivity contribution in [1.29, 1.82) is 0 Å². The van der Waals surface area contributed by atoms with E-state index in [1.807, 2.05) is 6.92 Å². The summed E-state index contributed by atoms with van der Waals surface area (Å²) < 4.78 is 0. The molecule has 70 valence electrons. The van der Waals surface area contributed by atoms with Crippen molar-refractivity contribution in [3.63, 3.8) is 0 Å². The van der Waals surface area contributed by atoms with Gasteiger partial charge in [-0.1, -0.05) is 6.92 Å². The molecule has 0 aliphatic carbocycles. The number of carbonyl (C=O) groups is 1. The monoisotopic (exact) mass is 170 g/mol. The van der Waals surface area contributed by atoms with Crippen LogP contribution in [-0.2, 0) is 4.79 Å². The molecule has 0 amide bonds. The summed E-state index contributed by atoms with van der Waals surface area (Å²) in [6.45, 7) is 6.74. The van der Waals surface area contributed by atoms with E-state index in [0.29, 0.717) is 6.04 Å². The zero-order valence-electron chi connectivity index (χ0n) is 8.13. The van der Waals surface area contributed by atoms with Crippen molar-refractivity contribution in [3.05, 3.63) is 0 Å². The first-order valence-corrected chi connectivity index (χ1v) is 4.53. The van der Waals surface area contributed by atoms with E-state index in [9.17, 15) is 4.79 Å². The molecule has 0 saturated carbocycles. The van der Waals surface area contributed by atoms with E-state index in [4.69, 9.17) is 0 Å². The number of piperazine rings is 1. The lowest BCUT2D eigenvalue weighted by atomic mass is 9.96. The summed E-state index contributed by atoms with van der Waals surface area (Å²) in [6, 6.07) is 0.348. The fraction of sp³-hybridized carbons (Fsp3) is 0.889. The highest BCUT2D eigenvalue weighted by molar-refractivity contribution is 5.78. The SMILES string of the molecule is CC(=O)C(C)C1CN(C)CCN1. The molecule has 1 heterocycles. The number of carbonyl (C=O) groups excluding carboxylic acids is 1. The van der Waals surface area contributed by atoms with Crippen LogP contribution in [0.5, 0.6) is 0 Å². The first-order valence-electron chi connectivity index (χ1n) is 4.53. The maximum Gasteiger partial charge on any atom is 0.134 e. The third-order valence-electron chi connectivity index (χ3n) is 2.65. The van der Waals surface area contributed by atoms with Crippen LogP contribution in [0.15, 0.2) is 0 Å². The maximum absolute atomic E-state index is 11.1. The van der Waals surface area contributed by atoms with Gasteiger partial charge < -0.3 is 10.2 Å². The zero-order valence-corrected chi connectivity index (χ0v) is 8.13. The number of rotatable bonds is 2. The molecule has 2 atom stereocenters. The van der Waals surface area contributed by atoms with Gasteiger partial charge in [0.15, 0.2) is 0 Å². The van der Waals surface area contributed by atoms with Crippen molar-refractivity contribution in [2.75, 3.05) is 26.7 Å². The van der Waals surface area contributed by atoms with Crippen molar-refractivity contribution in [2.45, 2.75) is 19.9 Å². The Morgan fingerprint density at radius 2 is 2.33 bits per heavy atom. The molecule has 1 N–H and O–H groups in total. The number of hydrogen-bond donors (Lipinski definition) is 1. The van der Waals surface area contributed by atoms with E-state index in [1.165, 1.54) is 0 Å². The van der Waals surface area contributed by atoms with E-state index >= 15 is 0 Å². The summed E-state index contributed by atoms with van der Waals surface area (Å²) in [4.78, 5) is 13.4. The molecular formula is C9H18N2O. The van der Waals surface area contributed by atoms with Gasteiger partial charge in [-0.25, -0.2) is 0 Å². The van der Waals surface area contributed by atoms with Gasteiger partial charge in [0.25, 0.3) is 0 Å². The highest BCUT2D eigenvalue weighted by atomic mass is 16.1. The van der Waals surface area contributed by atoms with E-state index in [2.05, 4.69) is 17.3 Å². The molecule has 1 saturated heterocycles. The summed E-state index contributed by atoms with van der Waals surface area (Å²) >= 11 is 0. The Morgan fingerprint density at radius 3 is 2.83 bits per heavy atom. The third-order valence-corrected chi connectivity index (χ3v) is 2.65. The number of nitrogens with one attached hydrogen (secondary N) is 1. The van der Waals surface area contributed by atoms with Gasteiger partial charge in [-0.15, -0.1) is 0 Å². The topological polar surface area (TPSA) is 32.3 Å². The lowest BCUT2D eigenvalue weighted by Crippen LogP contribution is -2.53. The molecule has 0 radical (unpaired) electrons. The Hall–Kier alpha value is -0.410. The Balaban J connectivity index is 2.45. The summed E-state index contributed by atoms with van der Waals surface area (Å²) in [6.07, 6.45) is 0. The molecule has 3 nitrogen and oxygen atoms in total. The average molecular weight is 170 g/mol. The second-order valence-electron chi connectivity index (χ2n) is 3.72. The van der Waals surface area contributed by atoms with Gasteiger partial charge >= 0.3 is 0 Å². The minimum Gasteiger partial charge on any atom is -0.311 e. The molecule has 0 aromatic heterocycles. The minimum absolute atomic E-state index is 0.146. The quantitative estimate of drug-likeness (QED) is 0.638. The van der Waals surface area contributed by atoms with Crippen LogP contribution in [0.2, 0.25) is 0 Å². The zero-order chi connectivity index (χ0) is 9.14. The Labute approximate surface area is 74.1 Å². The number of ketones is 1. The van der Waals surface area contributed by atoms with Crippen LogP contribution in [-0.4, -0.2) is 43.4 Å². The first kappa shape index (κ1) is 9.68. The van der Waals surface area contributed by atoms with Crippen molar-refractivity contribution in [1.82, 2.24) is 10.2 Å². The molecule has 0 spiro atoms. The fourth-order valence-corrected chi connectivity index (χ4v) is 1.55. The third kappa shape index (κ3) is 2.29. The van der Waals surface area contributed by atoms with E-state index in [-0.39, 0.29) is 11.7 Å². The van der Waals surface area contributed by atoms with Crippen LogP contribution >= 0.6 is 0 Å². The van der Waals surface area contributed by atoms with Crippen LogP contribution < -0.4 is 5.32 Å². The molecular weight excluding hydrogens is 152 g/mol. The maximum atomic E-state index is 11.1. The van der Waals surface area contributed by atoms with Crippen LogP contribution in [0.3, 0.4) is 0 Å². The number of hydrogen-bond acceptors (Lipinski definition) is 3. The molecule has 0 aromatic carbocycles. The summed E-state index contributed by atoms with van der Waals surface area (Å²) in [5.41, 5.74) is 0. The lowest BCUT2D eigenvalue weighted by molar-refractivity contribution is -0.121. The predicted octanol–water partition coefficient (Wildman–Crippen LogP) is 0.115. The second kappa shape index (κ2) is 4.01. The highest BCUT2D eigenvalue weighted by Crippen LogP contribution is 2.08. The largest absolute Gasteiger partial charge is 0.311 e. The molecule has 1 rings (SSSR count). The van der Waals surface area contributed by atoms with Gasteiger partial charge in [0.05, 0.1) is 0 Å². The van der Waals surface area contributed by atoms with Crippen molar-refractivity contribution in [3.8, 4) is 0 Å². The lowest BCUT2D eigenvalue weighted by Gasteiger charge is -2.33. The normalized spacial score (nSPS) is 28.4. The van der Waals surface area contributed by atoms with Gasteiger partial charge in [0.1, 0.15) is 5.78 Å². The first-order chi connectivity index (χ1) is 5.61. The molecule has 3 heteroatoms. The van der Waals surface area contributed by atoms with E-state index < -0.39 is 0 Å². The second-order valence-corrected chi connectivity index (χ2v) is 3.72. The Kier molecular flexibility index (Phi) is 3.23. The van der Waals surface area contributed by atoms with E-state index in [1.54, 1.807) is 6.92 Å². The minimum atomic E-state index is 0.146. The Bertz CT molecular complexity index is 170. The Morgan fingerprint density at radius 1 is 1.67 bits per heavy atom. The number of likely N-dealkylation sites (N-methyl/N-ethyl adjacent to an activating group) is 1. The van der Waals surface area contributed by atoms with Gasteiger partial charge in [-0.2, -0.15) is 0 Å². The summed E-state index contributed by atoms with van der Waals surface area (Å²) in [5, 5.41) is 3.37. The molecule has 2 unspecified atom stereocenters. The van der Waals surface area contributed by atoms with Gasteiger partial charge in [-0.3, -0.25) is 4.79 Å². The molecule has 0 bridgehead atoms. The smallest absolute Gasteiger partial charge is 0.134 e. The van der Waals surface area contributed by atoms with Crippen LogP contribution in [0, 0.1) is 5.92 Å². The molecule has 0 aromatic rings. The van der Waals surface area contributed by atoms with Gasteiger partial charge in [0, 0.05) is 31.6 Å². The molecule has 1 aliphatic heterocycles. The van der Waals surface area contributed by atoms with Gasteiger partial charge in [0.2, 0.25) is 0 Å². The van der Waals surface area contributed by atoms with Crippen LogP contribution in [0.4, 0.5) is 0 Å². The molecule has 1 fully saturated rings. The van der Waals surface area contributed by atoms with Crippen LogP contribution in [0.1, 0.15) is 13.8 Å². The fourth-order valence-electron chi connectivity index (χ4n) is 1.55. The van der Waals surface area contributed by atoms with E-state index in [0.717, 1.165) is 19.6 Å². The summed E-state index contributed by atoms with van der Waals surface area (Å²) in [7, 11) is 2.10. The van der Waals surface area contributed by atoms with Gasteiger partial charge in [-0.05, 0) is 14.0 Å². The standard InChI is InChI=1S/C9H18N2O/c1-7(8(2)12)9-6-11(3)5-4-10-9/h7,9-10H,4-6H2,1-3H3.